The zero-order chi connectivity index (χ0) is 20.4. The van der Waals surface area contributed by atoms with Gasteiger partial charge in [-0.1, -0.05) is 6.07 Å². The smallest absolute Gasteiger partial charge is 0.277 e. The number of hydrogen-bond donors (Lipinski definition) is 2. The van der Waals surface area contributed by atoms with Crippen molar-refractivity contribution in [3.63, 3.8) is 0 Å². The quantitative estimate of drug-likeness (QED) is 0.506. The van der Waals surface area contributed by atoms with E-state index in [2.05, 4.69) is 25.6 Å². The lowest BCUT2D eigenvalue weighted by molar-refractivity contribution is 0.102. The van der Waals surface area contributed by atoms with E-state index < -0.39 is 0 Å². The van der Waals surface area contributed by atoms with Crippen LogP contribution in [0.1, 0.15) is 27.0 Å². The molecule has 0 atom stereocenters. The van der Waals surface area contributed by atoms with Crippen molar-refractivity contribution in [2.45, 2.75) is 20.8 Å². The van der Waals surface area contributed by atoms with Crippen molar-refractivity contribution in [2.24, 2.45) is 0 Å². The van der Waals surface area contributed by atoms with E-state index in [0.29, 0.717) is 16.4 Å². The molecule has 0 saturated carbocycles. The summed E-state index contributed by atoms with van der Waals surface area (Å²) in [6.45, 7) is 5.72. The molecule has 4 aromatic rings. The molecule has 8 heteroatoms. The van der Waals surface area contributed by atoms with E-state index in [1.54, 1.807) is 18.5 Å². The van der Waals surface area contributed by atoms with Gasteiger partial charge in [-0.05, 0) is 51.1 Å². The monoisotopic (exact) mass is 404 g/mol. The minimum atomic E-state index is -0.260. The van der Waals surface area contributed by atoms with Gasteiger partial charge < -0.3 is 15.2 Å². The predicted molar refractivity (Wildman–Crippen MR) is 115 cm³/mol. The van der Waals surface area contributed by atoms with Gasteiger partial charge in [-0.15, -0.1) is 11.3 Å². The average molecular weight is 404 g/mol. The molecule has 1 amide bonds. The van der Waals surface area contributed by atoms with Crippen LogP contribution in [0.25, 0.3) is 5.69 Å². The lowest BCUT2D eigenvalue weighted by Crippen LogP contribution is -2.14. The van der Waals surface area contributed by atoms with E-state index in [1.807, 2.05) is 61.9 Å². The van der Waals surface area contributed by atoms with Gasteiger partial charge in [0.15, 0.2) is 5.69 Å². The summed E-state index contributed by atoms with van der Waals surface area (Å²) in [6, 6.07) is 11.5. The van der Waals surface area contributed by atoms with Gasteiger partial charge >= 0.3 is 0 Å². The van der Waals surface area contributed by atoms with Crippen LogP contribution in [0.5, 0.6) is 0 Å². The molecule has 1 aromatic carbocycles. The topological polar surface area (TPSA) is 84.7 Å². The molecule has 0 aliphatic rings. The van der Waals surface area contributed by atoms with Crippen molar-refractivity contribution in [3.8, 4) is 5.69 Å². The lowest BCUT2D eigenvalue weighted by Gasteiger charge is -2.10. The van der Waals surface area contributed by atoms with Gasteiger partial charge in [-0.25, -0.2) is 9.97 Å². The number of aromatic nitrogens is 4. The van der Waals surface area contributed by atoms with Crippen molar-refractivity contribution in [3.05, 3.63) is 77.2 Å². The highest BCUT2D eigenvalue weighted by molar-refractivity contribution is 7.16. The maximum absolute atomic E-state index is 12.8. The van der Waals surface area contributed by atoms with Crippen LogP contribution in [0.3, 0.4) is 0 Å². The first-order valence-electron chi connectivity index (χ1n) is 9.08. The number of anilines is 3. The highest BCUT2D eigenvalue weighted by atomic mass is 32.1. The summed E-state index contributed by atoms with van der Waals surface area (Å²) in [5.74, 6) is 0.646. The Morgan fingerprint density at radius 3 is 2.66 bits per heavy atom. The fraction of sp³-hybridized carbons (Fsp3) is 0.143. The number of amides is 1. The maximum atomic E-state index is 12.8. The zero-order valence-electron chi connectivity index (χ0n) is 16.3. The Morgan fingerprint density at radius 2 is 1.90 bits per heavy atom. The molecule has 29 heavy (non-hydrogen) atoms. The number of imidazole rings is 1. The van der Waals surface area contributed by atoms with E-state index in [0.717, 1.165) is 27.9 Å². The number of carbonyl (C=O) groups is 1. The Hall–Kier alpha value is -3.52. The molecule has 0 saturated heterocycles. The molecule has 0 unspecified atom stereocenters. The molecule has 0 spiro atoms. The van der Waals surface area contributed by atoms with Crippen molar-refractivity contribution in [1.82, 2.24) is 19.5 Å². The molecule has 0 bridgehead atoms. The summed E-state index contributed by atoms with van der Waals surface area (Å²) < 4.78 is 2.00. The molecule has 3 heterocycles. The van der Waals surface area contributed by atoms with Gasteiger partial charge in [0.25, 0.3) is 5.91 Å². The number of hydrogen-bond acceptors (Lipinski definition) is 6. The van der Waals surface area contributed by atoms with Crippen LogP contribution >= 0.6 is 11.3 Å². The largest absolute Gasteiger partial charge is 0.345 e. The summed E-state index contributed by atoms with van der Waals surface area (Å²) in [5, 5.41) is 7.74. The molecule has 2 N–H and O–H groups in total. The van der Waals surface area contributed by atoms with Crippen LogP contribution in [-0.4, -0.2) is 25.4 Å². The second-order valence-electron chi connectivity index (χ2n) is 6.57. The maximum Gasteiger partial charge on any atom is 0.277 e. The Balaban J connectivity index is 1.59. The fourth-order valence-electron chi connectivity index (χ4n) is 2.99. The van der Waals surface area contributed by atoms with Gasteiger partial charge in [0.1, 0.15) is 10.8 Å². The van der Waals surface area contributed by atoms with Gasteiger partial charge in [-0.2, -0.15) is 0 Å². The third-order valence-corrected chi connectivity index (χ3v) is 5.20. The summed E-state index contributed by atoms with van der Waals surface area (Å²) in [5.41, 5.74) is 3.75. The molecule has 3 aromatic heterocycles. The second-order valence-corrected chi connectivity index (χ2v) is 7.77. The van der Waals surface area contributed by atoms with Crippen molar-refractivity contribution >= 4 is 33.6 Å². The number of aryl methyl sites for hydroxylation is 3. The first kappa shape index (κ1) is 18.8. The summed E-state index contributed by atoms with van der Waals surface area (Å²) in [6.07, 6.45) is 5.35. The number of rotatable bonds is 5. The van der Waals surface area contributed by atoms with Crippen LogP contribution in [0.15, 0.2) is 55.0 Å². The van der Waals surface area contributed by atoms with E-state index in [9.17, 15) is 4.79 Å². The summed E-state index contributed by atoms with van der Waals surface area (Å²) in [4.78, 5) is 25.7. The Kier molecular flexibility index (Phi) is 5.09. The zero-order valence-corrected chi connectivity index (χ0v) is 17.1. The van der Waals surface area contributed by atoms with Gasteiger partial charge in [0.2, 0.25) is 0 Å². The fourth-order valence-corrected chi connectivity index (χ4v) is 3.83. The van der Waals surface area contributed by atoms with E-state index >= 15 is 0 Å². The number of nitrogens with zero attached hydrogens (tertiary/aromatic N) is 4. The molecule has 0 aliphatic heterocycles. The van der Waals surface area contributed by atoms with Gasteiger partial charge in [0, 0.05) is 41.3 Å². The lowest BCUT2D eigenvalue weighted by atomic mass is 10.2. The third kappa shape index (κ3) is 4.17. The first-order chi connectivity index (χ1) is 14.0. The highest BCUT2D eigenvalue weighted by Gasteiger charge is 2.18. The molecular formula is C21H20N6OS. The van der Waals surface area contributed by atoms with Crippen molar-refractivity contribution < 1.29 is 4.79 Å². The van der Waals surface area contributed by atoms with Gasteiger partial charge in [0.05, 0.1) is 5.01 Å². The third-order valence-electron chi connectivity index (χ3n) is 4.31. The molecule has 0 radical (unpaired) electrons. The minimum absolute atomic E-state index is 0.260. The normalized spacial score (nSPS) is 10.7. The molecule has 0 fully saturated rings. The Bertz CT molecular complexity index is 1180. The first-order valence-corrected chi connectivity index (χ1v) is 9.90. The number of benzene rings is 1. The number of nitrogens with one attached hydrogen (secondary N) is 2. The van der Waals surface area contributed by atoms with Crippen LogP contribution < -0.4 is 10.6 Å². The summed E-state index contributed by atoms with van der Waals surface area (Å²) >= 11 is 1.44. The highest BCUT2D eigenvalue weighted by Crippen LogP contribution is 2.29. The number of thiazole rings is 1. The standard InChI is InChI=1S/C21H20N6OS/c1-13-11-17(7-8-22-13)25-20(28)19-21(29-15(3)24-19)26-16-5-4-6-18(12-16)27-10-9-23-14(27)2/h4-12,26H,1-3H3,(H,22,25,28). The van der Waals surface area contributed by atoms with Crippen LogP contribution in [-0.2, 0) is 0 Å². The van der Waals surface area contributed by atoms with Crippen LogP contribution in [0, 0.1) is 20.8 Å². The van der Waals surface area contributed by atoms with E-state index in [4.69, 9.17) is 0 Å². The Morgan fingerprint density at radius 1 is 1.03 bits per heavy atom. The average Bonchev–Trinajstić information content (AvgIpc) is 3.27. The Labute approximate surface area is 172 Å². The second kappa shape index (κ2) is 7.84. The van der Waals surface area contributed by atoms with E-state index in [1.165, 1.54) is 11.3 Å². The molecular weight excluding hydrogens is 384 g/mol. The number of carbonyl (C=O) groups excluding carboxylic acids is 1. The molecule has 4 rings (SSSR count). The minimum Gasteiger partial charge on any atom is -0.345 e. The SMILES string of the molecule is Cc1cc(NC(=O)c2nc(C)sc2Nc2cccc(-n3ccnc3C)c2)ccn1. The van der Waals surface area contributed by atoms with Crippen molar-refractivity contribution in [1.29, 1.82) is 0 Å². The van der Waals surface area contributed by atoms with Gasteiger partial charge in [-0.3, -0.25) is 9.78 Å². The molecule has 0 aliphatic carbocycles. The van der Waals surface area contributed by atoms with E-state index in [-0.39, 0.29) is 5.91 Å². The predicted octanol–water partition coefficient (Wildman–Crippen LogP) is 4.64. The van der Waals surface area contributed by atoms with Crippen LogP contribution in [0.2, 0.25) is 0 Å². The van der Waals surface area contributed by atoms with Crippen LogP contribution in [0.4, 0.5) is 16.4 Å². The number of pyridine rings is 1. The summed E-state index contributed by atoms with van der Waals surface area (Å²) in [7, 11) is 0. The molecule has 146 valence electrons. The van der Waals surface area contributed by atoms with Crippen molar-refractivity contribution in [2.75, 3.05) is 10.6 Å². The molecule has 7 nitrogen and oxygen atoms in total.